The average Bonchev–Trinajstić information content (AvgIpc) is 3.80. The van der Waals surface area contributed by atoms with E-state index in [9.17, 15) is 19.5 Å². The summed E-state index contributed by atoms with van der Waals surface area (Å²) < 4.78 is 8.01. The van der Waals surface area contributed by atoms with E-state index in [1.165, 1.54) is 5.56 Å². The number of hydrogen-bond acceptors (Lipinski definition) is 15. The Morgan fingerprint density at radius 3 is 2.55 bits per heavy atom. The molecule has 2 aliphatic heterocycles. The summed E-state index contributed by atoms with van der Waals surface area (Å²) in [6.07, 6.45) is 6.95. The van der Waals surface area contributed by atoms with Crippen molar-refractivity contribution in [3.63, 3.8) is 0 Å². The Bertz CT molecular complexity index is 1800. The molecule has 2 aromatic heterocycles. The zero-order valence-electron chi connectivity index (χ0n) is 31.5. The number of benzene rings is 1. The number of nitrogens with one attached hydrogen (secondary N) is 4. The molecule has 0 saturated carbocycles. The molecule has 18 nitrogen and oxygen atoms in total. The van der Waals surface area contributed by atoms with Gasteiger partial charge in [-0.3, -0.25) is 29.2 Å². The van der Waals surface area contributed by atoms with Crippen LogP contribution in [0.4, 0.5) is 11.8 Å². The van der Waals surface area contributed by atoms with Crippen LogP contribution >= 0.6 is 11.8 Å². The van der Waals surface area contributed by atoms with Gasteiger partial charge in [-0.25, -0.2) is 4.98 Å². The SMILES string of the molecule is CCCCCNc1nc(N)nc2ccn(Cc3ccc(CN4CCN(CCN5C=C(CNC(=O)C[C@H](SC[C@H](N)C(=O)O)C(=O)O)NN5)CC4)cc3OC)c12. The number of carbonyl (C=O) groups is 3. The molecule has 0 unspecified atom stereocenters. The molecular formula is C36H54N12O6S. The molecule has 4 heterocycles. The van der Waals surface area contributed by atoms with Gasteiger partial charge < -0.3 is 47.0 Å². The van der Waals surface area contributed by atoms with Crippen LogP contribution in [0.2, 0.25) is 0 Å². The topological polar surface area (TPSA) is 241 Å². The molecule has 10 N–H and O–H groups in total. The number of amides is 1. The van der Waals surface area contributed by atoms with Crippen molar-refractivity contribution in [3.8, 4) is 5.75 Å². The van der Waals surface area contributed by atoms with Gasteiger partial charge in [-0.2, -0.15) is 4.98 Å². The third-order valence-electron chi connectivity index (χ3n) is 9.51. The third-order valence-corrected chi connectivity index (χ3v) is 10.8. The molecule has 300 valence electrons. The highest BCUT2D eigenvalue weighted by atomic mass is 32.2. The van der Waals surface area contributed by atoms with Gasteiger partial charge in [0.05, 0.1) is 31.4 Å². The number of carbonyl (C=O) groups excluding carboxylic acids is 1. The molecule has 5 rings (SSSR count). The van der Waals surface area contributed by atoms with Crippen LogP contribution in [0.15, 0.2) is 42.4 Å². The van der Waals surface area contributed by atoms with E-state index < -0.39 is 29.1 Å². The summed E-state index contributed by atoms with van der Waals surface area (Å²) in [5, 5.41) is 25.3. The second-order valence-corrected chi connectivity index (χ2v) is 14.9. The molecule has 0 radical (unpaired) electrons. The number of aromatic nitrogens is 3. The van der Waals surface area contributed by atoms with Gasteiger partial charge >= 0.3 is 11.9 Å². The standard InChI is InChI=1S/C36H54N12O6S/c1-3-4-5-9-39-33-32-28(41-36(38)42-33)8-10-47(32)21-25-7-6-24(17-29(25)54-2)20-46-13-11-45(12-14-46)15-16-48-22-26(43-44-48)19-40-31(49)18-30(35(52)53)55-23-27(37)34(50)51/h6-8,10,17,22,27,30,43-44H,3-5,9,11-16,18-21,23,37H2,1-2H3,(H,40,49)(H,50,51)(H,52,53)(H3,38,39,41,42)/t27-,30-/m0/s1. The maximum Gasteiger partial charge on any atom is 0.321 e. The summed E-state index contributed by atoms with van der Waals surface area (Å²) in [4.78, 5) is 48.7. The Morgan fingerprint density at radius 2 is 1.82 bits per heavy atom. The van der Waals surface area contributed by atoms with E-state index in [2.05, 4.69) is 71.1 Å². The monoisotopic (exact) mass is 782 g/mol. The fourth-order valence-corrected chi connectivity index (χ4v) is 7.38. The minimum atomic E-state index is -1.22. The first-order chi connectivity index (χ1) is 26.5. The first-order valence-corrected chi connectivity index (χ1v) is 19.6. The molecule has 2 atom stereocenters. The van der Waals surface area contributed by atoms with Gasteiger partial charge in [0.15, 0.2) is 5.82 Å². The van der Waals surface area contributed by atoms with Crippen LogP contribution in [0, 0.1) is 0 Å². The maximum absolute atomic E-state index is 12.4. The number of fused-ring (bicyclic) bond motifs is 1. The number of aliphatic carboxylic acids is 2. The van der Waals surface area contributed by atoms with Crippen molar-refractivity contribution in [3.05, 3.63) is 53.5 Å². The molecule has 0 bridgehead atoms. The highest BCUT2D eigenvalue weighted by Crippen LogP contribution is 2.28. The Morgan fingerprint density at radius 1 is 1.04 bits per heavy atom. The number of carboxylic acids is 2. The highest BCUT2D eigenvalue weighted by Gasteiger charge is 2.25. The Kier molecular flexibility index (Phi) is 15.2. The number of ether oxygens (including phenoxy) is 1. The lowest BCUT2D eigenvalue weighted by Gasteiger charge is -2.35. The third kappa shape index (κ3) is 12.1. The molecule has 2 aliphatic rings. The number of methoxy groups -OCH3 is 1. The van der Waals surface area contributed by atoms with Crippen molar-refractivity contribution in [1.82, 2.24) is 45.6 Å². The van der Waals surface area contributed by atoms with Crippen LogP contribution < -0.4 is 37.8 Å². The van der Waals surface area contributed by atoms with Crippen molar-refractivity contribution in [2.24, 2.45) is 5.73 Å². The number of nitrogens with zero attached hydrogens (tertiary/aromatic N) is 6. The van der Waals surface area contributed by atoms with E-state index in [0.717, 1.165) is 117 Å². The van der Waals surface area contributed by atoms with Gasteiger partial charge in [-0.15, -0.1) is 17.3 Å². The lowest BCUT2D eigenvalue weighted by molar-refractivity contribution is -0.139. The quantitative estimate of drug-likeness (QED) is 0.0665. The first kappa shape index (κ1) is 41.3. The number of piperazine rings is 1. The molecule has 0 aliphatic carbocycles. The van der Waals surface area contributed by atoms with E-state index in [1.54, 1.807) is 7.11 Å². The predicted octanol–water partition coefficient (Wildman–Crippen LogP) is 1.06. The van der Waals surface area contributed by atoms with Crippen LogP contribution in [0.25, 0.3) is 11.0 Å². The number of rotatable bonds is 22. The van der Waals surface area contributed by atoms with Gasteiger partial charge in [-0.1, -0.05) is 31.9 Å². The molecule has 1 amide bonds. The first-order valence-electron chi connectivity index (χ1n) is 18.6. The molecule has 1 fully saturated rings. The molecule has 1 aromatic carbocycles. The summed E-state index contributed by atoms with van der Waals surface area (Å²) in [6.45, 7) is 9.94. The second kappa shape index (κ2) is 20.2. The summed E-state index contributed by atoms with van der Waals surface area (Å²) >= 11 is 0.841. The van der Waals surface area contributed by atoms with Crippen molar-refractivity contribution in [1.29, 1.82) is 0 Å². The molecule has 19 heteroatoms. The van der Waals surface area contributed by atoms with E-state index in [-0.39, 0.29) is 24.7 Å². The van der Waals surface area contributed by atoms with Crippen LogP contribution in [0.1, 0.15) is 43.7 Å². The number of thioether (sulfide) groups is 1. The fourth-order valence-electron chi connectivity index (χ4n) is 6.39. The second-order valence-electron chi connectivity index (χ2n) is 13.7. The van der Waals surface area contributed by atoms with E-state index in [4.69, 9.17) is 21.3 Å². The Hall–Kier alpha value is -4.82. The number of unbranched alkanes of at least 4 members (excludes halogenated alkanes) is 2. The van der Waals surface area contributed by atoms with Crippen LogP contribution in [-0.4, -0.2) is 134 Å². The minimum absolute atomic E-state index is 0.107. The lowest BCUT2D eigenvalue weighted by atomic mass is 10.1. The van der Waals surface area contributed by atoms with E-state index in [0.29, 0.717) is 6.54 Å². The van der Waals surface area contributed by atoms with Gasteiger partial charge in [0.2, 0.25) is 11.9 Å². The minimum Gasteiger partial charge on any atom is -0.496 e. The van der Waals surface area contributed by atoms with Crippen molar-refractivity contribution >= 4 is 52.4 Å². The Balaban J connectivity index is 1.04. The van der Waals surface area contributed by atoms with Gasteiger partial charge in [0, 0.05) is 82.5 Å². The summed E-state index contributed by atoms with van der Waals surface area (Å²) in [5.74, 6) is -1.13. The predicted molar refractivity (Wildman–Crippen MR) is 212 cm³/mol. The van der Waals surface area contributed by atoms with Gasteiger partial charge in [-0.05, 0) is 24.1 Å². The van der Waals surface area contributed by atoms with Gasteiger partial charge in [0.25, 0.3) is 0 Å². The number of anilines is 2. The number of hydrogen-bond donors (Lipinski definition) is 8. The molecular weight excluding hydrogens is 729 g/mol. The number of nitrogen functional groups attached to an aromatic ring is 1. The molecule has 3 aromatic rings. The molecule has 55 heavy (non-hydrogen) atoms. The zero-order valence-corrected chi connectivity index (χ0v) is 32.3. The average molecular weight is 783 g/mol. The normalized spacial score (nSPS) is 16.1. The Labute approximate surface area is 324 Å². The van der Waals surface area contributed by atoms with Crippen molar-refractivity contribution in [2.45, 2.75) is 57.0 Å². The van der Waals surface area contributed by atoms with E-state index >= 15 is 0 Å². The lowest BCUT2D eigenvalue weighted by Crippen LogP contribution is -2.49. The largest absolute Gasteiger partial charge is 0.496 e. The maximum atomic E-state index is 12.4. The van der Waals surface area contributed by atoms with Crippen LogP contribution in [0.3, 0.4) is 0 Å². The number of hydrazine groups is 2. The van der Waals surface area contributed by atoms with Gasteiger partial charge in [0.1, 0.15) is 22.6 Å². The van der Waals surface area contributed by atoms with E-state index in [1.807, 2.05) is 23.5 Å². The zero-order chi connectivity index (χ0) is 39.3. The molecule has 0 spiro atoms. The smallest absolute Gasteiger partial charge is 0.321 e. The number of carboxylic acid groups (broad SMARTS) is 2. The number of nitrogens with two attached hydrogens (primary N) is 2. The summed E-state index contributed by atoms with van der Waals surface area (Å²) in [7, 11) is 1.71. The van der Waals surface area contributed by atoms with Crippen molar-refractivity contribution in [2.75, 3.05) is 76.3 Å². The van der Waals surface area contributed by atoms with Crippen LogP contribution in [0.5, 0.6) is 5.75 Å². The molecule has 1 saturated heterocycles. The highest BCUT2D eigenvalue weighted by molar-refractivity contribution is 8.00. The van der Waals surface area contributed by atoms with Crippen LogP contribution in [-0.2, 0) is 27.5 Å². The van der Waals surface area contributed by atoms with Crippen molar-refractivity contribution < 1.29 is 29.3 Å². The summed E-state index contributed by atoms with van der Waals surface area (Å²) in [5.41, 5.74) is 22.3. The summed E-state index contributed by atoms with van der Waals surface area (Å²) in [6, 6.07) is 7.22. The fraction of sp³-hybridized carbons (Fsp3) is 0.528.